The number of halogens is 3. The molecule has 12 heteroatoms. The second-order valence-electron chi connectivity index (χ2n) is 6.91. The van der Waals surface area contributed by atoms with Crippen LogP contribution in [0.4, 0.5) is 13.2 Å². The van der Waals surface area contributed by atoms with Crippen LogP contribution in [0.3, 0.4) is 0 Å². The van der Waals surface area contributed by atoms with Crippen molar-refractivity contribution in [3.05, 3.63) is 87.4 Å². The lowest BCUT2D eigenvalue weighted by atomic mass is 10.1. The average molecular weight is 478 g/mol. The maximum atomic E-state index is 12.2. The van der Waals surface area contributed by atoms with Crippen molar-refractivity contribution in [1.82, 2.24) is 20.3 Å². The van der Waals surface area contributed by atoms with Gasteiger partial charge in [-0.2, -0.15) is 13.2 Å². The molecule has 180 valence electrons. The Hall–Kier alpha value is -4.22. The van der Waals surface area contributed by atoms with Crippen LogP contribution in [-0.4, -0.2) is 45.2 Å². The number of benzene rings is 1. The van der Waals surface area contributed by atoms with Crippen LogP contribution in [-0.2, 0) is 17.8 Å². The Morgan fingerprint density at radius 2 is 1.85 bits per heavy atom. The van der Waals surface area contributed by atoms with Crippen LogP contribution >= 0.6 is 0 Å². The molecule has 1 amide bonds. The molecule has 2 heterocycles. The molecule has 0 saturated carbocycles. The van der Waals surface area contributed by atoms with E-state index in [2.05, 4.69) is 20.3 Å². The normalized spacial score (nSPS) is 10.6. The van der Waals surface area contributed by atoms with Gasteiger partial charge < -0.3 is 20.1 Å². The predicted octanol–water partition coefficient (Wildman–Crippen LogP) is 2.64. The summed E-state index contributed by atoms with van der Waals surface area (Å²) in [6.07, 6.45) is -1.48. The van der Waals surface area contributed by atoms with Gasteiger partial charge in [-0.25, -0.2) is 9.78 Å². The summed E-state index contributed by atoms with van der Waals surface area (Å²) in [5.41, 5.74) is 2.49. The van der Waals surface area contributed by atoms with Crippen molar-refractivity contribution in [2.24, 2.45) is 0 Å². The van der Waals surface area contributed by atoms with Gasteiger partial charge in [0.05, 0.1) is 24.9 Å². The highest BCUT2D eigenvalue weighted by atomic mass is 19.4. The van der Waals surface area contributed by atoms with Crippen molar-refractivity contribution >= 4 is 11.9 Å². The summed E-state index contributed by atoms with van der Waals surface area (Å²) >= 11 is 0. The molecule has 0 fully saturated rings. The van der Waals surface area contributed by atoms with E-state index in [9.17, 15) is 22.8 Å². The van der Waals surface area contributed by atoms with Crippen LogP contribution in [0.25, 0.3) is 0 Å². The molecular weight excluding hydrogens is 457 g/mol. The Kier molecular flexibility index (Phi) is 8.87. The number of hydrogen-bond acceptors (Lipinski definition) is 6. The van der Waals surface area contributed by atoms with Crippen LogP contribution in [0.5, 0.6) is 5.75 Å². The Balaban J connectivity index is 0.000000509. The van der Waals surface area contributed by atoms with Crippen LogP contribution in [0.1, 0.15) is 33.0 Å². The van der Waals surface area contributed by atoms with E-state index >= 15 is 0 Å². The average Bonchev–Trinajstić information content (AvgIpc) is 2.77. The van der Waals surface area contributed by atoms with E-state index in [0.29, 0.717) is 23.5 Å². The SMILES string of the molecule is COc1ccccc1Cc1nc(CNC(=O)c2cncc(C)c2)cc(=O)[nH]1.O=C(O)C(F)(F)F. The number of carboxylic acid groups (broad SMARTS) is 1. The molecule has 0 aliphatic rings. The van der Waals surface area contributed by atoms with E-state index in [0.717, 1.165) is 16.9 Å². The highest BCUT2D eigenvalue weighted by Crippen LogP contribution is 2.19. The first kappa shape index (κ1) is 26.0. The Labute approximate surface area is 191 Å². The van der Waals surface area contributed by atoms with Crippen molar-refractivity contribution in [3.8, 4) is 5.75 Å². The number of carbonyl (C=O) groups is 2. The molecule has 34 heavy (non-hydrogen) atoms. The van der Waals surface area contributed by atoms with E-state index in [1.807, 2.05) is 31.2 Å². The molecule has 0 radical (unpaired) electrons. The Bertz CT molecular complexity index is 1210. The number of aromatic nitrogens is 3. The van der Waals surface area contributed by atoms with Gasteiger partial charge in [-0.05, 0) is 24.6 Å². The fourth-order valence-corrected chi connectivity index (χ4v) is 2.72. The summed E-state index contributed by atoms with van der Waals surface area (Å²) < 4.78 is 37.1. The molecule has 0 saturated heterocycles. The number of carbonyl (C=O) groups excluding carboxylic acids is 1. The molecular formula is C22H21F3N4O5. The zero-order valence-corrected chi connectivity index (χ0v) is 18.1. The first-order valence-corrected chi connectivity index (χ1v) is 9.70. The fraction of sp³-hybridized carbons (Fsp3) is 0.227. The molecule has 0 aliphatic heterocycles. The number of methoxy groups -OCH3 is 1. The van der Waals surface area contributed by atoms with Crippen LogP contribution < -0.4 is 15.6 Å². The molecule has 2 aromatic heterocycles. The van der Waals surface area contributed by atoms with Gasteiger partial charge in [0, 0.05) is 30.4 Å². The minimum Gasteiger partial charge on any atom is -0.496 e. The van der Waals surface area contributed by atoms with Crippen molar-refractivity contribution in [2.75, 3.05) is 7.11 Å². The lowest BCUT2D eigenvalue weighted by Gasteiger charge is -2.09. The van der Waals surface area contributed by atoms with Gasteiger partial charge in [-0.15, -0.1) is 0 Å². The number of aliphatic carboxylic acids is 1. The number of nitrogens with zero attached hydrogens (tertiary/aromatic N) is 2. The predicted molar refractivity (Wildman–Crippen MR) is 114 cm³/mol. The van der Waals surface area contributed by atoms with E-state index < -0.39 is 12.1 Å². The topological polar surface area (TPSA) is 134 Å². The standard InChI is InChI=1S/C20H20N4O3.C2HF3O2/c1-13-7-15(11-21-10-13)20(26)22-12-16-9-19(25)24-18(23-16)8-14-5-3-4-6-17(14)27-2;3-2(4,5)1(6)7/h3-7,9-11H,8,12H2,1-2H3,(H,22,26)(H,23,24,25);(H,6,7). The minimum absolute atomic E-state index is 0.148. The molecule has 0 atom stereocenters. The monoisotopic (exact) mass is 478 g/mol. The fourth-order valence-electron chi connectivity index (χ4n) is 2.72. The molecule has 0 bridgehead atoms. The second kappa shape index (κ2) is 11.6. The summed E-state index contributed by atoms with van der Waals surface area (Å²) in [4.78, 5) is 44.3. The summed E-state index contributed by atoms with van der Waals surface area (Å²) in [5.74, 6) is -1.79. The van der Waals surface area contributed by atoms with Gasteiger partial charge in [0.2, 0.25) is 0 Å². The lowest BCUT2D eigenvalue weighted by Crippen LogP contribution is -2.25. The Morgan fingerprint density at radius 1 is 1.18 bits per heavy atom. The molecule has 0 aliphatic carbocycles. The van der Waals surface area contributed by atoms with Crippen LogP contribution in [0.2, 0.25) is 0 Å². The van der Waals surface area contributed by atoms with E-state index in [1.54, 1.807) is 19.4 Å². The summed E-state index contributed by atoms with van der Waals surface area (Å²) in [6, 6.07) is 10.7. The highest BCUT2D eigenvalue weighted by molar-refractivity contribution is 5.93. The van der Waals surface area contributed by atoms with Crippen LogP contribution in [0, 0.1) is 6.92 Å². The number of nitrogens with one attached hydrogen (secondary N) is 2. The molecule has 3 rings (SSSR count). The first-order valence-electron chi connectivity index (χ1n) is 9.70. The van der Waals surface area contributed by atoms with Gasteiger partial charge in [0.15, 0.2) is 0 Å². The van der Waals surface area contributed by atoms with Gasteiger partial charge in [-0.3, -0.25) is 14.6 Å². The summed E-state index contributed by atoms with van der Waals surface area (Å²) in [5, 5.41) is 9.89. The van der Waals surface area contributed by atoms with Gasteiger partial charge >= 0.3 is 12.1 Å². The first-order chi connectivity index (χ1) is 16.0. The van der Waals surface area contributed by atoms with E-state index in [1.165, 1.54) is 12.3 Å². The van der Waals surface area contributed by atoms with Gasteiger partial charge in [0.25, 0.3) is 11.5 Å². The molecule has 3 aromatic rings. The van der Waals surface area contributed by atoms with E-state index in [4.69, 9.17) is 14.6 Å². The smallest absolute Gasteiger partial charge is 0.490 e. The quantitative estimate of drug-likeness (QED) is 0.496. The minimum atomic E-state index is -5.08. The number of pyridine rings is 1. The van der Waals surface area contributed by atoms with Gasteiger partial charge in [-0.1, -0.05) is 18.2 Å². The molecule has 0 unspecified atom stereocenters. The number of alkyl halides is 3. The number of amides is 1. The third-order valence-electron chi connectivity index (χ3n) is 4.20. The molecule has 1 aromatic carbocycles. The number of ether oxygens (including phenoxy) is 1. The van der Waals surface area contributed by atoms with Gasteiger partial charge in [0.1, 0.15) is 11.6 Å². The second-order valence-corrected chi connectivity index (χ2v) is 6.91. The van der Waals surface area contributed by atoms with E-state index in [-0.39, 0.29) is 18.0 Å². The number of rotatable bonds is 6. The Morgan fingerprint density at radius 3 is 2.47 bits per heavy atom. The highest BCUT2D eigenvalue weighted by Gasteiger charge is 2.38. The number of aromatic amines is 1. The number of para-hydroxylation sites is 1. The van der Waals surface area contributed by atoms with Crippen molar-refractivity contribution in [1.29, 1.82) is 0 Å². The maximum Gasteiger partial charge on any atom is 0.490 e. The zero-order chi connectivity index (χ0) is 25.3. The van der Waals surface area contributed by atoms with Crippen molar-refractivity contribution in [3.63, 3.8) is 0 Å². The molecule has 0 spiro atoms. The van der Waals surface area contributed by atoms with Crippen LogP contribution in [0.15, 0.2) is 53.6 Å². The lowest BCUT2D eigenvalue weighted by molar-refractivity contribution is -0.192. The van der Waals surface area contributed by atoms with Crippen molar-refractivity contribution < 1.29 is 32.6 Å². The number of H-pyrrole nitrogens is 1. The third-order valence-corrected chi connectivity index (χ3v) is 4.20. The molecule has 3 N–H and O–H groups in total. The number of aryl methyl sites for hydroxylation is 1. The van der Waals surface area contributed by atoms with Crippen molar-refractivity contribution in [2.45, 2.75) is 26.1 Å². The summed E-state index contributed by atoms with van der Waals surface area (Å²) in [6.45, 7) is 2.02. The zero-order valence-electron chi connectivity index (χ0n) is 18.1. The number of hydrogen-bond donors (Lipinski definition) is 3. The molecule has 9 nitrogen and oxygen atoms in total. The largest absolute Gasteiger partial charge is 0.496 e. The summed E-state index contributed by atoms with van der Waals surface area (Å²) in [7, 11) is 1.60. The number of carboxylic acids is 1. The maximum absolute atomic E-state index is 12.2. The third kappa shape index (κ3) is 8.04.